The Morgan fingerprint density at radius 3 is 2.42 bits per heavy atom. The van der Waals surface area contributed by atoms with Gasteiger partial charge < -0.3 is 15.2 Å². The summed E-state index contributed by atoms with van der Waals surface area (Å²) in [5.41, 5.74) is 1.13. The van der Waals surface area contributed by atoms with Crippen molar-refractivity contribution in [2.24, 2.45) is 0 Å². The number of methoxy groups -OCH3 is 1. The third-order valence-corrected chi connectivity index (χ3v) is 3.49. The van der Waals surface area contributed by atoms with Crippen LogP contribution >= 0.6 is 0 Å². The molecule has 0 bridgehead atoms. The van der Waals surface area contributed by atoms with Crippen LogP contribution in [0.2, 0.25) is 0 Å². The third-order valence-electron chi connectivity index (χ3n) is 3.49. The van der Waals surface area contributed by atoms with Gasteiger partial charge in [0.15, 0.2) is 0 Å². The van der Waals surface area contributed by atoms with Crippen molar-refractivity contribution in [2.45, 2.75) is 24.7 Å². The highest BCUT2D eigenvalue weighted by atomic mass is 16.5. The van der Waals surface area contributed by atoms with Crippen LogP contribution in [0.1, 0.15) is 24.8 Å². The van der Waals surface area contributed by atoms with Gasteiger partial charge in [0.1, 0.15) is 12.2 Å². The second kappa shape index (κ2) is 5.30. The Bertz CT molecular complexity index is 477. The lowest BCUT2D eigenvalue weighted by Gasteiger charge is -2.16. The molecule has 1 aliphatic rings. The second-order valence-electron chi connectivity index (χ2n) is 4.86. The second-order valence-corrected chi connectivity index (χ2v) is 4.86. The fourth-order valence-electron chi connectivity index (χ4n) is 2.13. The maximum atomic E-state index is 11.3. The molecular formula is C14H17NO4. The van der Waals surface area contributed by atoms with E-state index < -0.39 is 18.3 Å². The lowest BCUT2D eigenvalue weighted by Crippen LogP contribution is -2.33. The van der Waals surface area contributed by atoms with Crippen LogP contribution in [0.15, 0.2) is 24.3 Å². The molecule has 0 atom stereocenters. The summed E-state index contributed by atoms with van der Waals surface area (Å²) >= 11 is 0. The van der Waals surface area contributed by atoms with Crippen molar-refractivity contribution in [3.63, 3.8) is 0 Å². The predicted octanol–water partition coefficient (Wildman–Crippen LogP) is 1.32. The molecule has 5 nitrogen and oxygen atoms in total. The first-order valence-electron chi connectivity index (χ1n) is 6.19. The summed E-state index contributed by atoms with van der Waals surface area (Å²) in [7, 11) is 1.62. The summed E-state index contributed by atoms with van der Waals surface area (Å²) < 4.78 is 5.11. The van der Waals surface area contributed by atoms with E-state index in [0.29, 0.717) is 6.54 Å². The highest BCUT2D eigenvalue weighted by Crippen LogP contribution is 2.47. The lowest BCUT2D eigenvalue weighted by molar-refractivity contribution is -0.140. The molecule has 0 heterocycles. The molecule has 1 saturated carbocycles. The van der Waals surface area contributed by atoms with E-state index in [9.17, 15) is 9.59 Å². The van der Waals surface area contributed by atoms with Gasteiger partial charge in [-0.25, -0.2) is 0 Å². The Morgan fingerprint density at radius 2 is 1.95 bits per heavy atom. The molecule has 19 heavy (non-hydrogen) atoms. The van der Waals surface area contributed by atoms with Crippen LogP contribution in [0.4, 0.5) is 0 Å². The zero-order valence-corrected chi connectivity index (χ0v) is 10.8. The van der Waals surface area contributed by atoms with Crippen molar-refractivity contribution in [3.8, 4) is 5.75 Å². The van der Waals surface area contributed by atoms with Crippen molar-refractivity contribution in [1.82, 2.24) is 5.32 Å². The fraction of sp³-hybridized carbons (Fsp3) is 0.429. The van der Waals surface area contributed by atoms with Crippen molar-refractivity contribution in [3.05, 3.63) is 29.8 Å². The summed E-state index contributed by atoms with van der Waals surface area (Å²) in [5, 5.41) is 11.2. The topological polar surface area (TPSA) is 75.6 Å². The normalized spacial score (nSPS) is 15.6. The van der Waals surface area contributed by atoms with Crippen molar-refractivity contribution < 1.29 is 19.4 Å². The highest BCUT2D eigenvalue weighted by Gasteiger charge is 2.44. The minimum atomic E-state index is -1.10. The monoisotopic (exact) mass is 263 g/mol. The maximum absolute atomic E-state index is 11.3. The first-order valence-corrected chi connectivity index (χ1v) is 6.19. The van der Waals surface area contributed by atoms with E-state index in [4.69, 9.17) is 9.84 Å². The standard InChI is InChI=1S/C14H17NO4/c1-19-11-4-2-10(3-5-11)14(6-7-14)9-15-12(16)8-13(17)18/h2-5H,6-9H2,1H3,(H,15,16)(H,17,18). The Kier molecular flexibility index (Phi) is 3.74. The Labute approximate surface area is 111 Å². The average molecular weight is 263 g/mol. The van der Waals surface area contributed by atoms with Gasteiger partial charge in [-0.2, -0.15) is 0 Å². The van der Waals surface area contributed by atoms with Gasteiger partial charge in [0.25, 0.3) is 0 Å². The molecule has 5 heteroatoms. The van der Waals surface area contributed by atoms with Crippen LogP contribution in [0.25, 0.3) is 0 Å². The third kappa shape index (κ3) is 3.24. The number of carboxylic acids is 1. The molecule has 1 amide bonds. The molecule has 1 aromatic carbocycles. The van der Waals surface area contributed by atoms with Gasteiger partial charge >= 0.3 is 5.97 Å². The zero-order chi connectivity index (χ0) is 13.9. The van der Waals surface area contributed by atoms with E-state index in [1.165, 1.54) is 0 Å². The first-order chi connectivity index (χ1) is 9.05. The highest BCUT2D eigenvalue weighted by molar-refractivity contribution is 5.93. The molecule has 102 valence electrons. The van der Waals surface area contributed by atoms with Crippen LogP contribution in [0.5, 0.6) is 5.75 Å². The van der Waals surface area contributed by atoms with Crippen molar-refractivity contribution in [1.29, 1.82) is 0 Å². The Hall–Kier alpha value is -2.04. The number of rotatable bonds is 6. The van der Waals surface area contributed by atoms with Crippen LogP contribution in [0.3, 0.4) is 0 Å². The summed E-state index contributed by atoms with van der Waals surface area (Å²) in [6, 6.07) is 7.79. The maximum Gasteiger partial charge on any atom is 0.312 e. The molecule has 0 spiro atoms. The number of carbonyl (C=O) groups is 2. The SMILES string of the molecule is COc1ccc(C2(CNC(=O)CC(=O)O)CC2)cc1. The fourth-order valence-corrected chi connectivity index (χ4v) is 2.13. The smallest absolute Gasteiger partial charge is 0.312 e. The van der Waals surface area contributed by atoms with E-state index in [0.717, 1.165) is 24.2 Å². The number of nitrogens with one attached hydrogen (secondary N) is 1. The van der Waals surface area contributed by atoms with Gasteiger partial charge in [-0.1, -0.05) is 12.1 Å². The van der Waals surface area contributed by atoms with Gasteiger partial charge in [0.2, 0.25) is 5.91 Å². The summed E-state index contributed by atoms with van der Waals surface area (Å²) in [6.45, 7) is 0.492. The molecular weight excluding hydrogens is 246 g/mol. The molecule has 2 N–H and O–H groups in total. The van der Waals surface area contributed by atoms with Crippen LogP contribution in [-0.2, 0) is 15.0 Å². The van der Waals surface area contributed by atoms with Gasteiger partial charge in [-0.3, -0.25) is 9.59 Å². The minimum Gasteiger partial charge on any atom is -0.497 e. The number of benzene rings is 1. The molecule has 2 rings (SSSR count). The van der Waals surface area contributed by atoms with E-state index in [-0.39, 0.29) is 5.41 Å². The van der Waals surface area contributed by atoms with E-state index in [2.05, 4.69) is 5.32 Å². The van der Waals surface area contributed by atoms with E-state index in [1.807, 2.05) is 24.3 Å². The minimum absolute atomic E-state index is 0.0273. The number of carbonyl (C=O) groups excluding carboxylic acids is 1. The quantitative estimate of drug-likeness (QED) is 0.759. The molecule has 0 unspecified atom stereocenters. The van der Waals surface area contributed by atoms with Crippen molar-refractivity contribution >= 4 is 11.9 Å². The van der Waals surface area contributed by atoms with Gasteiger partial charge in [-0.05, 0) is 30.5 Å². The predicted molar refractivity (Wildman–Crippen MR) is 69.2 cm³/mol. The summed E-state index contributed by atoms with van der Waals surface area (Å²) in [4.78, 5) is 21.8. The molecule has 0 saturated heterocycles. The molecule has 0 aliphatic heterocycles. The van der Waals surface area contributed by atoms with E-state index in [1.54, 1.807) is 7.11 Å². The summed E-state index contributed by atoms with van der Waals surface area (Å²) in [5.74, 6) is -0.742. The molecule has 1 aromatic rings. The van der Waals surface area contributed by atoms with E-state index >= 15 is 0 Å². The molecule has 1 aliphatic carbocycles. The molecule has 0 aromatic heterocycles. The number of hydrogen-bond acceptors (Lipinski definition) is 3. The number of hydrogen-bond donors (Lipinski definition) is 2. The van der Waals surface area contributed by atoms with Gasteiger partial charge in [0.05, 0.1) is 7.11 Å². The first kappa shape index (κ1) is 13.4. The lowest BCUT2D eigenvalue weighted by atomic mass is 9.96. The summed E-state index contributed by atoms with van der Waals surface area (Å²) in [6.07, 6.45) is 1.54. The van der Waals surface area contributed by atoms with Crippen LogP contribution in [-0.4, -0.2) is 30.6 Å². The van der Waals surface area contributed by atoms with Crippen LogP contribution < -0.4 is 10.1 Å². The number of carboxylic acid groups (broad SMARTS) is 1. The molecule has 1 fully saturated rings. The van der Waals surface area contributed by atoms with Crippen molar-refractivity contribution in [2.75, 3.05) is 13.7 Å². The Balaban J connectivity index is 1.95. The zero-order valence-electron chi connectivity index (χ0n) is 10.8. The van der Waals surface area contributed by atoms with Gasteiger partial charge in [0, 0.05) is 12.0 Å². The number of aliphatic carboxylic acids is 1. The molecule has 0 radical (unpaired) electrons. The van der Waals surface area contributed by atoms with Gasteiger partial charge in [-0.15, -0.1) is 0 Å². The number of amides is 1. The largest absolute Gasteiger partial charge is 0.497 e. The number of ether oxygens (including phenoxy) is 1. The Morgan fingerprint density at radius 1 is 1.32 bits per heavy atom. The van der Waals surface area contributed by atoms with Crippen LogP contribution in [0, 0.1) is 0 Å². The average Bonchev–Trinajstić information content (AvgIpc) is 3.17.